The Bertz CT molecular complexity index is 887. The molecule has 166 valence electrons. The monoisotopic (exact) mass is 430 g/mol. The number of amides is 1. The fourth-order valence-electron chi connectivity index (χ4n) is 3.04. The number of esters is 1. The number of aromatic nitrogens is 2. The van der Waals surface area contributed by atoms with E-state index in [1.807, 2.05) is 19.9 Å². The Balaban J connectivity index is 1.74. The summed E-state index contributed by atoms with van der Waals surface area (Å²) in [7, 11) is 0. The molecule has 10 heteroatoms. The van der Waals surface area contributed by atoms with Crippen LogP contribution in [0.15, 0.2) is 30.7 Å². The summed E-state index contributed by atoms with van der Waals surface area (Å²) in [6.07, 6.45) is 4.08. The first-order valence-corrected chi connectivity index (χ1v) is 10.1. The number of carbonyl (C=O) groups excluding carboxylic acids is 2. The molecule has 0 spiro atoms. The van der Waals surface area contributed by atoms with Crippen molar-refractivity contribution in [3.05, 3.63) is 36.4 Å². The first kappa shape index (κ1) is 22.3. The van der Waals surface area contributed by atoms with Gasteiger partial charge in [0.15, 0.2) is 12.3 Å². The van der Waals surface area contributed by atoms with Crippen molar-refractivity contribution >= 4 is 23.3 Å². The molecule has 31 heavy (non-hydrogen) atoms. The van der Waals surface area contributed by atoms with Crippen molar-refractivity contribution in [3.63, 3.8) is 0 Å². The molecule has 0 radical (unpaired) electrons. The molecule has 0 atom stereocenters. The van der Waals surface area contributed by atoms with E-state index in [1.165, 1.54) is 18.6 Å². The molecule has 0 saturated carbocycles. The van der Waals surface area contributed by atoms with Crippen LogP contribution in [0.25, 0.3) is 0 Å². The number of nitrogens with zero attached hydrogens (tertiary/aromatic N) is 3. The number of nitrogens with one attached hydrogen (secondary N) is 1. The third-order valence-electron chi connectivity index (χ3n) is 4.39. The van der Waals surface area contributed by atoms with Gasteiger partial charge in [-0.05, 0) is 13.8 Å². The van der Waals surface area contributed by atoms with Gasteiger partial charge in [-0.3, -0.25) is 9.78 Å². The van der Waals surface area contributed by atoms with Crippen LogP contribution in [0.2, 0.25) is 0 Å². The van der Waals surface area contributed by atoms with Crippen molar-refractivity contribution in [1.29, 1.82) is 0 Å². The summed E-state index contributed by atoms with van der Waals surface area (Å²) < 4.78 is 22.0. The maximum atomic E-state index is 12.4. The number of hydrogen-bond acceptors (Lipinski definition) is 9. The minimum Gasteiger partial charge on any atom is -0.492 e. The van der Waals surface area contributed by atoms with E-state index in [0.29, 0.717) is 43.6 Å². The maximum absolute atomic E-state index is 12.4. The topological polar surface area (TPSA) is 112 Å². The highest BCUT2D eigenvalue weighted by molar-refractivity contribution is 5.96. The van der Waals surface area contributed by atoms with E-state index in [2.05, 4.69) is 20.2 Å². The first-order valence-electron chi connectivity index (χ1n) is 10.1. The van der Waals surface area contributed by atoms with Gasteiger partial charge in [0.05, 0.1) is 44.0 Å². The van der Waals surface area contributed by atoms with Crippen LogP contribution < -0.4 is 19.7 Å². The average Bonchev–Trinajstić information content (AvgIpc) is 2.80. The van der Waals surface area contributed by atoms with Gasteiger partial charge in [0.25, 0.3) is 5.91 Å². The van der Waals surface area contributed by atoms with Crippen molar-refractivity contribution < 1.29 is 28.5 Å². The molecule has 1 aliphatic heterocycles. The molecule has 1 aliphatic rings. The molecule has 1 aromatic heterocycles. The zero-order valence-corrected chi connectivity index (χ0v) is 17.6. The van der Waals surface area contributed by atoms with E-state index in [4.69, 9.17) is 18.9 Å². The van der Waals surface area contributed by atoms with Crippen LogP contribution in [0.1, 0.15) is 24.3 Å². The molecule has 1 N–H and O–H groups in total. The zero-order valence-electron chi connectivity index (χ0n) is 17.6. The van der Waals surface area contributed by atoms with E-state index in [0.717, 1.165) is 18.8 Å². The lowest BCUT2D eigenvalue weighted by Gasteiger charge is -2.31. The van der Waals surface area contributed by atoms with Gasteiger partial charge < -0.3 is 29.2 Å². The average molecular weight is 430 g/mol. The Morgan fingerprint density at radius 3 is 2.52 bits per heavy atom. The fraction of sp³-hybridized carbons (Fsp3) is 0.429. The first-order chi connectivity index (χ1) is 15.1. The van der Waals surface area contributed by atoms with Crippen LogP contribution in [0.3, 0.4) is 0 Å². The summed E-state index contributed by atoms with van der Waals surface area (Å²) in [5.74, 6) is -0.119. The smallest absolute Gasteiger partial charge is 0.359 e. The van der Waals surface area contributed by atoms with Gasteiger partial charge >= 0.3 is 5.97 Å². The third-order valence-corrected chi connectivity index (χ3v) is 4.39. The summed E-state index contributed by atoms with van der Waals surface area (Å²) in [6.45, 7) is 6.89. The van der Waals surface area contributed by atoms with Crippen molar-refractivity contribution in [2.45, 2.75) is 13.8 Å². The SMILES string of the molecule is CCOc1cc(N2CCOCC2)c(OCC)cc1NC(=O)COC(=O)c1cnccn1. The second-order valence-electron chi connectivity index (χ2n) is 6.50. The number of carbonyl (C=O) groups is 2. The molecule has 3 rings (SSSR count). The van der Waals surface area contributed by atoms with E-state index in [1.54, 1.807) is 6.07 Å². The lowest BCUT2D eigenvalue weighted by atomic mass is 10.2. The Hall–Kier alpha value is -3.40. The highest BCUT2D eigenvalue weighted by Gasteiger charge is 2.21. The molecule has 2 aromatic rings. The summed E-state index contributed by atoms with van der Waals surface area (Å²) in [4.78, 5) is 34.2. The van der Waals surface area contributed by atoms with Crippen LogP contribution in [-0.4, -0.2) is 68.0 Å². The lowest BCUT2D eigenvalue weighted by Crippen LogP contribution is -2.36. The molecule has 0 aliphatic carbocycles. The van der Waals surface area contributed by atoms with E-state index >= 15 is 0 Å². The van der Waals surface area contributed by atoms with Crippen LogP contribution in [0, 0.1) is 0 Å². The number of hydrogen-bond donors (Lipinski definition) is 1. The third kappa shape index (κ3) is 6.05. The van der Waals surface area contributed by atoms with Crippen molar-refractivity contribution in [1.82, 2.24) is 9.97 Å². The Labute approximate surface area is 180 Å². The molecule has 0 bridgehead atoms. The van der Waals surface area contributed by atoms with Gasteiger partial charge in [-0.15, -0.1) is 0 Å². The number of rotatable bonds is 9. The van der Waals surface area contributed by atoms with Gasteiger partial charge in [0.2, 0.25) is 0 Å². The van der Waals surface area contributed by atoms with Gasteiger partial charge in [-0.2, -0.15) is 0 Å². The van der Waals surface area contributed by atoms with Crippen LogP contribution >= 0.6 is 0 Å². The lowest BCUT2D eigenvalue weighted by molar-refractivity contribution is -0.119. The molecule has 0 unspecified atom stereocenters. The predicted molar refractivity (Wildman–Crippen MR) is 113 cm³/mol. The Morgan fingerprint density at radius 1 is 1.10 bits per heavy atom. The molecule has 1 amide bonds. The van der Waals surface area contributed by atoms with Crippen molar-refractivity contribution in [2.24, 2.45) is 0 Å². The molecule has 1 aromatic carbocycles. The van der Waals surface area contributed by atoms with Crippen molar-refractivity contribution in [3.8, 4) is 11.5 Å². The molecular weight excluding hydrogens is 404 g/mol. The van der Waals surface area contributed by atoms with Crippen LogP contribution in [0.5, 0.6) is 11.5 Å². The minimum absolute atomic E-state index is 0.0267. The largest absolute Gasteiger partial charge is 0.492 e. The Morgan fingerprint density at radius 2 is 1.84 bits per heavy atom. The van der Waals surface area contributed by atoms with Gasteiger partial charge in [-0.25, -0.2) is 9.78 Å². The van der Waals surface area contributed by atoms with Crippen molar-refractivity contribution in [2.75, 3.05) is 56.3 Å². The van der Waals surface area contributed by atoms with Gasteiger partial charge in [0.1, 0.15) is 11.5 Å². The van der Waals surface area contributed by atoms with E-state index in [-0.39, 0.29) is 5.69 Å². The van der Waals surface area contributed by atoms with Crippen LogP contribution in [-0.2, 0) is 14.3 Å². The summed E-state index contributed by atoms with van der Waals surface area (Å²) in [5, 5.41) is 2.73. The highest BCUT2D eigenvalue weighted by Crippen LogP contribution is 2.39. The summed E-state index contributed by atoms with van der Waals surface area (Å²) in [6, 6.07) is 3.57. The van der Waals surface area contributed by atoms with Gasteiger partial charge in [-0.1, -0.05) is 0 Å². The Kier molecular flexibility index (Phi) is 7.99. The number of morpholine rings is 1. The van der Waals surface area contributed by atoms with Crippen LogP contribution in [0.4, 0.5) is 11.4 Å². The molecule has 10 nitrogen and oxygen atoms in total. The quantitative estimate of drug-likeness (QED) is 0.596. The summed E-state index contributed by atoms with van der Waals surface area (Å²) >= 11 is 0. The molecule has 2 heterocycles. The van der Waals surface area contributed by atoms with Gasteiger partial charge in [0, 0.05) is 37.6 Å². The fourth-order valence-corrected chi connectivity index (χ4v) is 3.04. The predicted octanol–water partition coefficient (Wildman–Crippen LogP) is 1.91. The minimum atomic E-state index is -0.731. The normalized spacial score (nSPS) is 13.4. The molecular formula is C21H26N4O6. The van der Waals surface area contributed by atoms with E-state index in [9.17, 15) is 9.59 Å². The second-order valence-corrected chi connectivity index (χ2v) is 6.50. The second kappa shape index (κ2) is 11.1. The van der Waals surface area contributed by atoms with E-state index < -0.39 is 18.5 Å². The highest BCUT2D eigenvalue weighted by atomic mass is 16.5. The molecule has 1 fully saturated rings. The molecule has 1 saturated heterocycles. The number of benzene rings is 1. The standard InChI is InChI=1S/C21H26N4O6/c1-3-29-18-12-17(25-7-9-28-10-8-25)19(30-4-2)11-15(18)24-20(26)14-31-21(27)16-13-22-5-6-23-16/h5-6,11-13H,3-4,7-10,14H2,1-2H3,(H,24,26). The summed E-state index contributed by atoms with van der Waals surface area (Å²) in [5.41, 5.74) is 1.34. The maximum Gasteiger partial charge on any atom is 0.359 e. The number of anilines is 2. The zero-order chi connectivity index (χ0) is 22.1. The number of ether oxygens (including phenoxy) is 4.